The Labute approximate surface area is 150 Å². The van der Waals surface area contributed by atoms with Crippen molar-refractivity contribution in [2.75, 3.05) is 31.5 Å². The van der Waals surface area contributed by atoms with E-state index < -0.39 is 0 Å². The summed E-state index contributed by atoms with van der Waals surface area (Å²) in [4.78, 5) is 26.6. The number of likely N-dealkylation sites (tertiary alicyclic amines) is 1. The molecule has 1 aromatic rings. The first-order valence-electron chi connectivity index (χ1n) is 9.64. The van der Waals surface area contributed by atoms with Gasteiger partial charge < -0.3 is 15.5 Å². The van der Waals surface area contributed by atoms with Crippen LogP contribution in [0, 0.1) is 5.92 Å². The van der Waals surface area contributed by atoms with E-state index in [1.54, 1.807) is 12.1 Å². The number of nitrogens with zero attached hydrogens (tertiary/aromatic N) is 1. The SMILES string of the molecule is O=C(NCCCN1CCCCCC1)c1cccc(NC(=O)C2CC2)c1. The third-order valence-electron chi connectivity index (χ3n) is 4.98. The van der Waals surface area contributed by atoms with Crippen LogP contribution in [0.2, 0.25) is 0 Å². The number of benzene rings is 1. The molecule has 2 fully saturated rings. The number of hydrogen-bond donors (Lipinski definition) is 2. The molecule has 0 bridgehead atoms. The fourth-order valence-electron chi connectivity index (χ4n) is 3.29. The molecule has 0 radical (unpaired) electrons. The van der Waals surface area contributed by atoms with E-state index in [2.05, 4.69) is 15.5 Å². The van der Waals surface area contributed by atoms with Crippen molar-refractivity contribution in [1.82, 2.24) is 10.2 Å². The molecule has 0 unspecified atom stereocenters. The van der Waals surface area contributed by atoms with E-state index in [9.17, 15) is 9.59 Å². The zero-order chi connectivity index (χ0) is 17.5. The van der Waals surface area contributed by atoms with Crippen LogP contribution in [0.25, 0.3) is 0 Å². The molecule has 5 heteroatoms. The number of carbonyl (C=O) groups is 2. The second-order valence-electron chi connectivity index (χ2n) is 7.21. The summed E-state index contributed by atoms with van der Waals surface area (Å²) in [5.74, 6) is 0.157. The Morgan fingerprint density at radius 3 is 2.56 bits per heavy atom. The van der Waals surface area contributed by atoms with Gasteiger partial charge in [0.1, 0.15) is 0 Å². The van der Waals surface area contributed by atoms with Gasteiger partial charge in [-0.15, -0.1) is 0 Å². The van der Waals surface area contributed by atoms with Crippen LogP contribution in [0.3, 0.4) is 0 Å². The first kappa shape index (κ1) is 17.9. The number of carbonyl (C=O) groups excluding carboxylic acids is 2. The average molecular weight is 343 g/mol. The molecule has 25 heavy (non-hydrogen) atoms. The fraction of sp³-hybridized carbons (Fsp3) is 0.600. The molecule has 1 heterocycles. The van der Waals surface area contributed by atoms with Gasteiger partial charge in [0.2, 0.25) is 5.91 Å². The normalized spacial score (nSPS) is 18.4. The maximum Gasteiger partial charge on any atom is 0.251 e. The van der Waals surface area contributed by atoms with Crippen molar-refractivity contribution < 1.29 is 9.59 Å². The van der Waals surface area contributed by atoms with Crippen molar-refractivity contribution in [3.63, 3.8) is 0 Å². The van der Waals surface area contributed by atoms with Gasteiger partial charge in [-0.3, -0.25) is 9.59 Å². The van der Waals surface area contributed by atoms with E-state index in [1.165, 1.54) is 38.8 Å². The van der Waals surface area contributed by atoms with Gasteiger partial charge in [-0.2, -0.15) is 0 Å². The third-order valence-corrected chi connectivity index (χ3v) is 4.98. The largest absolute Gasteiger partial charge is 0.352 e. The van der Waals surface area contributed by atoms with E-state index in [1.807, 2.05) is 12.1 Å². The van der Waals surface area contributed by atoms with Crippen LogP contribution in [0.5, 0.6) is 0 Å². The Morgan fingerprint density at radius 1 is 1.08 bits per heavy atom. The Balaban J connectivity index is 1.40. The van der Waals surface area contributed by atoms with Gasteiger partial charge in [-0.1, -0.05) is 18.9 Å². The van der Waals surface area contributed by atoms with Crippen LogP contribution in [0.1, 0.15) is 55.3 Å². The summed E-state index contributed by atoms with van der Waals surface area (Å²) in [5.41, 5.74) is 1.30. The molecule has 1 aliphatic heterocycles. The summed E-state index contributed by atoms with van der Waals surface area (Å²) < 4.78 is 0. The average Bonchev–Trinajstić information content (AvgIpc) is 3.46. The van der Waals surface area contributed by atoms with Crippen LogP contribution in [-0.2, 0) is 4.79 Å². The highest BCUT2D eigenvalue weighted by Gasteiger charge is 2.29. The second kappa shape index (κ2) is 8.99. The van der Waals surface area contributed by atoms with E-state index in [0.717, 1.165) is 25.8 Å². The molecule has 1 saturated heterocycles. The molecule has 0 atom stereocenters. The van der Waals surface area contributed by atoms with Gasteiger partial charge in [-0.05, 0) is 69.9 Å². The molecule has 3 rings (SSSR count). The molecular formula is C20H29N3O2. The smallest absolute Gasteiger partial charge is 0.251 e. The number of anilines is 1. The minimum Gasteiger partial charge on any atom is -0.352 e. The summed E-state index contributed by atoms with van der Waals surface area (Å²) in [6.07, 6.45) is 8.22. The summed E-state index contributed by atoms with van der Waals surface area (Å²) in [6.45, 7) is 4.12. The Morgan fingerprint density at radius 2 is 1.84 bits per heavy atom. The van der Waals surface area contributed by atoms with Crippen molar-refractivity contribution in [2.24, 2.45) is 5.92 Å². The number of nitrogens with one attached hydrogen (secondary N) is 2. The molecule has 2 amide bonds. The van der Waals surface area contributed by atoms with Gasteiger partial charge in [0.25, 0.3) is 5.91 Å². The second-order valence-corrected chi connectivity index (χ2v) is 7.21. The maximum absolute atomic E-state index is 12.3. The van der Waals surface area contributed by atoms with Crippen molar-refractivity contribution in [2.45, 2.75) is 44.9 Å². The van der Waals surface area contributed by atoms with Gasteiger partial charge in [-0.25, -0.2) is 0 Å². The highest BCUT2D eigenvalue weighted by atomic mass is 16.2. The van der Waals surface area contributed by atoms with Crippen molar-refractivity contribution in [1.29, 1.82) is 0 Å². The summed E-state index contributed by atoms with van der Waals surface area (Å²) in [6, 6.07) is 7.19. The molecule has 1 saturated carbocycles. The number of amides is 2. The molecule has 2 N–H and O–H groups in total. The van der Waals surface area contributed by atoms with Crippen LogP contribution in [0.4, 0.5) is 5.69 Å². The molecule has 0 spiro atoms. The van der Waals surface area contributed by atoms with Gasteiger partial charge >= 0.3 is 0 Å². The van der Waals surface area contributed by atoms with E-state index >= 15 is 0 Å². The van der Waals surface area contributed by atoms with Crippen LogP contribution < -0.4 is 10.6 Å². The number of rotatable bonds is 7. The zero-order valence-corrected chi connectivity index (χ0v) is 14.9. The molecule has 0 aromatic heterocycles. The molecule has 136 valence electrons. The van der Waals surface area contributed by atoms with E-state index in [0.29, 0.717) is 17.8 Å². The highest BCUT2D eigenvalue weighted by Crippen LogP contribution is 2.30. The Bertz CT molecular complexity index is 590. The third kappa shape index (κ3) is 5.85. The summed E-state index contributed by atoms with van der Waals surface area (Å²) in [7, 11) is 0. The monoisotopic (exact) mass is 343 g/mol. The quantitative estimate of drug-likeness (QED) is 0.748. The molecule has 1 aromatic carbocycles. The number of hydrogen-bond acceptors (Lipinski definition) is 3. The van der Waals surface area contributed by atoms with Crippen LogP contribution >= 0.6 is 0 Å². The predicted octanol–water partition coefficient (Wildman–Crippen LogP) is 3.03. The minimum absolute atomic E-state index is 0.0648. The Hall–Kier alpha value is -1.88. The fourth-order valence-corrected chi connectivity index (χ4v) is 3.29. The van der Waals surface area contributed by atoms with Gasteiger partial charge in [0, 0.05) is 23.7 Å². The molecule has 1 aliphatic carbocycles. The maximum atomic E-state index is 12.3. The first-order chi connectivity index (χ1) is 12.2. The predicted molar refractivity (Wildman–Crippen MR) is 99.7 cm³/mol. The van der Waals surface area contributed by atoms with Crippen molar-refractivity contribution in [3.8, 4) is 0 Å². The lowest BCUT2D eigenvalue weighted by molar-refractivity contribution is -0.117. The lowest BCUT2D eigenvalue weighted by Gasteiger charge is -2.19. The highest BCUT2D eigenvalue weighted by molar-refractivity contribution is 5.98. The summed E-state index contributed by atoms with van der Waals surface area (Å²) in [5, 5.41) is 5.88. The van der Waals surface area contributed by atoms with Crippen molar-refractivity contribution >= 4 is 17.5 Å². The topological polar surface area (TPSA) is 61.4 Å². The molecule has 2 aliphatic rings. The van der Waals surface area contributed by atoms with E-state index in [-0.39, 0.29) is 17.7 Å². The van der Waals surface area contributed by atoms with Crippen molar-refractivity contribution in [3.05, 3.63) is 29.8 Å². The van der Waals surface area contributed by atoms with Gasteiger partial charge in [0.15, 0.2) is 0 Å². The standard InChI is InChI=1S/C20H29N3O2/c24-19(21-11-6-14-23-12-3-1-2-4-13-23)17-7-5-8-18(15-17)22-20(25)16-9-10-16/h5,7-8,15-16H,1-4,6,9-14H2,(H,21,24)(H,22,25). The minimum atomic E-state index is -0.0709. The Kier molecular flexibility index (Phi) is 6.45. The molecular weight excluding hydrogens is 314 g/mol. The lowest BCUT2D eigenvalue weighted by Crippen LogP contribution is -2.30. The zero-order valence-electron chi connectivity index (χ0n) is 14.9. The summed E-state index contributed by atoms with van der Waals surface area (Å²) >= 11 is 0. The van der Waals surface area contributed by atoms with Gasteiger partial charge in [0.05, 0.1) is 0 Å². The molecule has 5 nitrogen and oxygen atoms in total. The van der Waals surface area contributed by atoms with Crippen LogP contribution in [-0.4, -0.2) is 42.9 Å². The van der Waals surface area contributed by atoms with E-state index in [4.69, 9.17) is 0 Å². The first-order valence-corrected chi connectivity index (χ1v) is 9.64. The van der Waals surface area contributed by atoms with Crippen LogP contribution in [0.15, 0.2) is 24.3 Å². The lowest BCUT2D eigenvalue weighted by atomic mass is 10.2.